The lowest BCUT2D eigenvalue weighted by Crippen LogP contribution is -2.53. The number of hydrogen-bond donors (Lipinski definition) is 0. The predicted molar refractivity (Wildman–Crippen MR) is 81.7 cm³/mol. The van der Waals surface area contributed by atoms with Crippen molar-refractivity contribution in [2.24, 2.45) is 0 Å². The van der Waals surface area contributed by atoms with Crippen molar-refractivity contribution in [1.82, 2.24) is 0 Å². The van der Waals surface area contributed by atoms with Crippen LogP contribution in [0, 0.1) is 0 Å². The monoisotopic (exact) mass is 316 g/mol. The Hall–Kier alpha value is -0.620. The molecule has 6 heteroatoms. The van der Waals surface area contributed by atoms with E-state index in [1.54, 1.807) is 23.5 Å². The normalized spacial score (nSPS) is 29.0. The molecule has 2 fully saturated rings. The third kappa shape index (κ3) is 3.17. The predicted octanol–water partition coefficient (Wildman–Crippen LogP) is 2.77. The SMILES string of the molecule is C=C1CC[C@@H](OC(C)=O)[C@@H](OC(C)=O)C12SCCCS2. The van der Waals surface area contributed by atoms with E-state index in [4.69, 9.17) is 9.47 Å². The molecule has 112 valence electrons. The van der Waals surface area contributed by atoms with Gasteiger partial charge in [0.1, 0.15) is 10.2 Å². The molecule has 0 bridgehead atoms. The summed E-state index contributed by atoms with van der Waals surface area (Å²) in [5.41, 5.74) is 1.09. The molecule has 1 heterocycles. The summed E-state index contributed by atoms with van der Waals surface area (Å²) in [6, 6.07) is 0. The maximum atomic E-state index is 11.5. The highest BCUT2D eigenvalue weighted by atomic mass is 32.2. The van der Waals surface area contributed by atoms with Crippen molar-refractivity contribution in [3.63, 3.8) is 0 Å². The van der Waals surface area contributed by atoms with Gasteiger partial charge in [0.05, 0.1) is 0 Å². The number of carbonyl (C=O) groups is 2. The Kier molecular flexibility index (Phi) is 5.07. The molecule has 0 aromatic heterocycles. The molecular weight excluding hydrogens is 296 g/mol. The fraction of sp³-hybridized carbons (Fsp3) is 0.714. The van der Waals surface area contributed by atoms with Crippen LogP contribution in [-0.2, 0) is 19.1 Å². The Morgan fingerprint density at radius 2 is 1.80 bits per heavy atom. The van der Waals surface area contributed by atoms with Crippen LogP contribution in [0.5, 0.6) is 0 Å². The van der Waals surface area contributed by atoms with Gasteiger partial charge in [0.15, 0.2) is 6.10 Å². The Labute approximate surface area is 128 Å². The Bertz CT molecular complexity index is 415. The molecule has 1 spiro atoms. The van der Waals surface area contributed by atoms with Gasteiger partial charge in [0.25, 0.3) is 0 Å². The van der Waals surface area contributed by atoms with Gasteiger partial charge in [-0.05, 0) is 36.3 Å². The number of hydrogen-bond acceptors (Lipinski definition) is 6. The minimum Gasteiger partial charge on any atom is -0.458 e. The van der Waals surface area contributed by atoms with Crippen molar-refractivity contribution < 1.29 is 19.1 Å². The quantitative estimate of drug-likeness (QED) is 0.577. The van der Waals surface area contributed by atoms with Gasteiger partial charge in [-0.1, -0.05) is 6.58 Å². The van der Waals surface area contributed by atoms with Crippen LogP contribution >= 0.6 is 23.5 Å². The third-order valence-corrected chi connectivity index (χ3v) is 7.06. The van der Waals surface area contributed by atoms with Gasteiger partial charge in [-0.25, -0.2) is 0 Å². The molecule has 1 aliphatic carbocycles. The van der Waals surface area contributed by atoms with Gasteiger partial charge in [-0.3, -0.25) is 9.59 Å². The molecule has 0 aromatic rings. The fourth-order valence-electron chi connectivity index (χ4n) is 2.67. The average molecular weight is 316 g/mol. The number of carbonyl (C=O) groups excluding carboxylic acids is 2. The van der Waals surface area contributed by atoms with E-state index in [9.17, 15) is 9.59 Å². The minimum absolute atomic E-state index is 0.333. The van der Waals surface area contributed by atoms with E-state index in [2.05, 4.69) is 6.58 Å². The van der Waals surface area contributed by atoms with E-state index in [-0.39, 0.29) is 22.1 Å². The second kappa shape index (κ2) is 6.43. The van der Waals surface area contributed by atoms with Crippen molar-refractivity contribution >= 4 is 35.5 Å². The van der Waals surface area contributed by atoms with Crippen LogP contribution in [0.3, 0.4) is 0 Å². The highest BCUT2D eigenvalue weighted by molar-refractivity contribution is 8.19. The largest absolute Gasteiger partial charge is 0.458 e. The maximum Gasteiger partial charge on any atom is 0.303 e. The van der Waals surface area contributed by atoms with Crippen LogP contribution in [0.1, 0.15) is 33.1 Å². The Balaban J connectivity index is 2.29. The molecule has 2 atom stereocenters. The van der Waals surface area contributed by atoms with Crippen LogP contribution in [0.15, 0.2) is 12.2 Å². The zero-order valence-electron chi connectivity index (χ0n) is 11.8. The molecule has 1 saturated carbocycles. The number of thioether (sulfide) groups is 2. The standard InChI is InChI=1S/C14H20O4S2/c1-9-5-6-12(17-10(2)15)13(18-11(3)16)14(9)19-7-4-8-20-14/h12-13H,1,4-8H2,2-3H3/t12-,13-/m1/s1. The topological polar surface area (TPSA) is 52.6 Å². The highest BCUT2D eigenvalue weighted by Crippen LogP contribution is 2.55. The van der Waals surface area contributed by atoms with Crippen LogP contribution < -0.4 is 0 Å². The Morgan fingerprint density at radius 1 is 1.20 bits per heavy atom. The van der Waals surface area contributed by atoms with Gasteiger partial charge < -0.3 is 9.47 Å². The average Bonchev–Trinajstić information content (AvgIpc) is 2.39. The third-order valence-electron chi connectivity index (χ3n) is 3.47. The summed E-state index contributed by atoms with van der Waals surface area (Å²) >= 11 is 3.54. The zero-order valence-corrected chi connectivity index (χ0v) is 13.5. The van der Waals surface area contributed by atoms with Crippen molar-refractivity contribution in [3.05, 3.63) is 12.2 Å². The van der Waals surface area contributed by atoms with Gasteiger partial charge in [-0.15, -0.1) is 23.5 Å². The van der Waals surface area contributed by atoms with E-state index < -0.39 is 6.10 Å². The second-order valence-corrected chi connectivity index (χ2v) is 7.98. The summed E-state index contributed by atoms with van der Waals surface area (Å²) in [6.45, 7) is 6.98. The van der Waals surface area contributed by atoms with Crippen molar-refractivity contribution in [2.45, 2.75) is 49.4 Å². The lowest BCUT2D eigenvalue weighted by Gasteiger charge is -2.48. The molecule has 4 nitrogen and oxygen atoms in total. The molecule has 1 aliphatic heterocycles. The zero-order chi connectivity index (χ0) is 14.8. The van der Waals surface area contributed by atoms with Gasteiger partial charge >= 0.3 is 11.9 Å². The first-order valence-electron chi connectivity index (χ1n) is 6.76. The Morgan fingerprint density at radius 3 is 2.35 bits per heavy atom. The number of esters is 2. The molecule has 0 aromatic carbocycles. The van der Waals surface area contributed by atoms with E-state index in [0.29, 0.717) is 6.42 Å². The molecule has 20 heavy (non-hydrogen) atoms. The molecule has 2 aliphatic rings. The van der Waals surface area contributed by atoms with Crippen LogP contribution in [0.25, 0.3) is 0 Å². The second-order valence-electron chi connectivity index (χ2n) is 5.04. The summed E-state index contributed by atoms with van der Waals surface area (Å²) in [5.74, 6) is 1.35. The first-order chi connectivity index (χ1) is 9.45. The van der Waals surface area contributed by atoms with E-state index in [0.717, 1.165) is 29.9 Å². The lowest BCUT2D eigenvalue weighted by atomic mass is 9.89. The summed E-state index contributed by atoms with van der Waals surface area (Å²) in [7, 11) is 0. The molecule has 0 amide bonds. The fourth-order valence-corrected chi connectivity index (χ4v) is 6.21. The van der Waals surface area contributed by atoms with E-state index >= 15 is 0 Å². The van der Waals surface area contributed by atoms with Crippen LogP contribution in [-0.4, -0.2) is 39.7 Å². The lowest BCUT2D eigenvalue weighted by molar-refractivity contribution is -0.167. The van der Waals surface area contributed by atoms with Crippen LogP contribution in [0.4, 0.5) is 0 Å². The molecule has 2 rings (SSSR count). The molecular formula is C14H20O4S2. The van der Waals surface area contributed by atoms with Gasteiger partial charge in [0.2, 0.25) is 0 Å². The number of ether oxygens (including phenoxy) is 2. The molecule has 0 radical (unpaired) electrons. The summed E-state index contributed by atoms with van der Waals surface area (Å²) in [4.78, 5) is 22.8. The van der Waals surface area contributed by atoms with Crippen molar-refractivity contribution in [3.8, 4) is 0 Å². The first-order valence-corrected chi connectivity index (χ1v) is 8.73. The summed E-state index contributed by atoms with van der Waals surface area (Å²) < 4.78 is 10.6. The van der Waals surface area contributed by atoms with E-state index in [1.165, 1.54) is 13.8 Å². The smallest absolute Gasteiger partial charge is 0.303 e. The van der Waals surface area contributed by atoms with Crippen molar-refractivity contribution in [2.75, 3.05) is 11.5 Å². The summed E-state index contributed by atoms with van der Waals surface area (Å²) in [5, 5.41) is 0. The molecule has 0 unspecified atom stereocenters. The first kappa shape index (κ1) is 15.8. The van der Waals surface area contributed by atoms with Crippen molar-refractivity contribution in [1.29, 1.82) is 0 Å². The molecule has 0 N–H and O–H groups in total. The summed E-state index contributed by atoms with van der Waals surface area (Å²) in [6.07, 6.45) is 1.78. The van der Waals surface area contributed by atoms with Gasteiger partial charge in [-0.2, -0.15) is 0 Å². The van der Waals surface area contributed by atoms with Crippen LogP contribution in [0.2, 0.25) is 0 Å². The van der Waals surface area contributed by atoms with Gasteiger partial charge in [0, 0.05) is 13.8 Å². The minimum atomic E-state index is -0.444. The molecule has 1 saturated heterocycles. The highest BCUT2D eigenvalue weighted by Gasteiger charge is 2.53. The van der Waals surface area contributed by atoms with E-state index in [1.807, 2.05) is 0 Å². The maximum absolute atomic E-state index is 11.5. The number of rotatable bonds is 2.